The van der Waals surface area contributed by atoms with E-state index >= 15 is 0 Å². The number of rotatable bonds is 6. The summed E-state index contributed by atoms with van der Waals surface area (Å²) < 4.78 is 6.98. The molecule has 8 nitrogen and oxygen atoms in total. The maximum absolute atomic E-state index is 12.7. The van der Waals surface area contributed by atoms with Crippen molar-refractivity contribution in [2.75, 3.05) is 43.1 Å². The van der Waals surface area contributed by atoms with Crippen LogP contribution in [0.2, 0.25) is 0 Å². The van der Waals surface area contributed by atoms with Gasteiger partial charge in [-0.1, -0.05) is 24.3 Å². The van der Waals surface area contributed by atoms with E-state index in [9.17, 15) is 9.90 Å². The van der Waals surface area contributed by atoms with Crippen LogP contribution in [0.1, 0.15) is 30.3 Å². The fourth-order valence-corrected chi connectivity index (χ4v) is 3.81. The Morgan fingerprint density at radius 3 is 2.75 bits per heavy atom. The van der Waals surface area contributed by atoms with E-state index in [1.54, 1.807) is 10.9 Å². The highest BCUT2D eigenvalue weighted by molar-refractivity contribution is 6.04. The van der Waals surface area contributed by atoms with Crippen molar-refractivity contribution in [2.24, 2.45) is 11.3 Å². The number of carbonyl (C=O) groups is 1. The van der Waals surface area contributed by atoms with E-state index in [-0.39, 0.29) is 17.9 Å². The van der Waals surface area contributed by atoms with Gasteiger partial charge in [0.15, 0.2) is 5.69 Å². The van der Waals surface area contributed by atoms with Crippen LogP contribution in [0.15, 0.2) is 30.5 Å². The van der Waals surface area contributed by atoms with E-state index in [1.807, 2.05) is 24.3 Å². The Morgan fingerprint density at radius 2 is 2.07 bits per heavy atom. The first-order valence-electron chi connectivity index (χ1n) is 9.80. The van der Waals surface area contributed by atoms with Crippen molar-refractivity contribution >= 4 is 17.3 Å². The number of ether oxygens (including phenoxy) is 1. The van der Waals surface area contributed by atoms with Gasteiger partial charge in [-0.05, 0) is 30.9 Å². The molecule has 0 saturated carbocycles. The second-order valence-electron chi connectivity index (χ2n) is 8.19. The average Bonchev–Trinajstić information content (AvgIpc) is 3.16. The van der Waals surface area contributed by atoms with Crippen LogP contribution in [0.4, 0.5) is 11.4 Å². The number of nitrogens with zero attached hydrogens (tertiary/aromatic N) is 4. The first-order chi connectivity index (χ1) is 13.6. The van der Waals surface area contributed by atoms with Crippen molar-refractivity contribution in [1.82, 2.24) is 15.0 Å². The van der Waals surface area contributed by atoms with Gasteiger partial charge in [0.05, 0.1) is 37.3 Å². The van der Waals surface area contributed by atoms with Crippen LogP contribution in [0, 0.1) is 11.3 Å². The molecule has 0 radical (unpaired) electrons. The Balaban J connectivity index is 1.43. The first kappa shape index (κ1) is 18.9. The molecular weight excluding hydrogens is 358 g/mol. The van der Waals surface area contributed by atoms with Crippen molar-refractivity contribution in [3.8, 4) is 0 Å². The maximum atomic E-state index is 12.7. The van der Waals surface area contributed by atoms with Crippen molar-refractivity contribution in [3.05, 3.63) is 36.2 Å². The van der Waals surface area contributed by atoms with Crippen molar-refractivity contribution < 1.29 is 14.6 Å². The molecule has 0 aliphatic carbocycles. The van der Waals surface area contributed by atoms with E-state index in [0.717, 1.165) is 37.3 Å². The van der Waals surface area contributed by atoms with Crippen molar-refractivity contribution in [3.63, 3.8) is 0 Å². The normalized spacial score (nSPS) is 19.3. The molecule has 1 aromatic heterocycles. The lowest BCUT2D eigenvalue weighted by molar-refractivity contribution is -0.111. The summed E-state index contributed by atoms with van der Waals surface area (Å²) in [5.74, 6) is 0.106. The molecule has 1 amide bonds. The number of piperidine rings is 1. The minimum absolute atomic E-state index is 0.0642. The van der Waals surface area contributed by atoms with Crippen LogP contribution in [0.5, 0.6) is 0 Å². The Hall–Kier alpha value is -2.45. The molecule has 2 fully saturated rings. The number of nitrogens with one attached hydrogen (secondary N) is 1. The number of benzene rings is 1. The Kier molecular flexibility index (Phi) is 5.32. The highest BCUT2D eigenvalue weighted by Crippen LogP contribution is 2.30. The molecule has 2 aromatic rings. The van der Waals surface area contributed by atoms with Gasteiger partial charge in [0.25, 0.3) is 5.91 Å². The number of aliphatic hydroxyl groups is 1. The Bertz CT molecular complexity index is 825. The number of para-hydroxylation sites is 2. The molecule has 0 unspecified atom stereocenters. The fraction of sp³-hybridized carbons (Fsp3) is 0.550. The SMILES string of the molecule is CC1(Cn2cc(C(=O)Nc3ccccc3N3CCC(CO)CC3)nn2)COC1. The highest BCUT2D eigenvalue weighted by Gasteiger charge is 2.34. The number of anilines is 2. The number of carbonyl (C=O) groups excluding carboxylic acids is 1. The molecule has 0 spiro atoms. The summed E-state index contributed by atoms with van der Waals surface area (Å²) in [5.41, 5.74) is 2.13. The van der Waals surface area contributed by atoms with Crippen LogP contribution >= 0.6 is 0 Å². The molecule has 2 saturated heterocycles. The molecule has 150 valence electrons. The molecule has 0 bridgehead atoms. The zero-order valence-corrected chi connectivity index (χ0v) is 16.2. The minimum Gasteiger partial charge on any atom is -0.396 e. The van der Waals surface area contributed by atoms with Gasteiger partial charge in [-0.2, -0.15) is 0 Å². The maximum Gasteiger partial charge on any atom is 0.277 e. The van der Waals surface area contributed by atoms with Gasteiger partial charge < -0.3 is 20.1 Å². The molecule has 2 N–H and O–H groups in total. The fourth-order valence-electron chi connectivity index (χ4n) is 3.81. The zero-order chi connectivity index (χ0) is 19.6. The summed E-state index contributed by atoms with van der Waals surface area (Å²) in [5, 5.41) is 20.5. The van der Waals surface area contributed by atoms with E-state index in [0.29, 0.717) is 31.4 Å². The quantitative estimate of drug-likeness (QED) is 0.787. The lowest BCUT2D eigenvalue weighted by atomic mass is 9.89. The van der Waals surface area contributed by atoms with Crippen LogP contribution in [0.25, 0.3) is 0 Å². The number of aromatic nitrogens is 3. The van der Waals surface area contributed by atoms with Gasteiger partial charge in [-0.15, -0.1) is 5.10 Å². The Morgan fingerprint density at radius 1 is 1.32 bits per heavy atom. The van der Waals surface area contributed by atoms with Gasteiger partial charge in [-0.25, -0.2) is 0 Å². The molecule has 4 rings (SSSR count). The highest BCUT2D eigenvalue weighted by atomic mass is 16.5. The van der Waals surface area contributed by atoms with Crippen molar-refractivity contribution in [1.29, 1.82) is 0 Å². The molecule has 3 heterocycles. The van der Waals surface area contributed by atoms with Crippen LogP contribution in [0.3, 0.4) is 0 Å². The third-order valence-corrected chi connectivity index (χ3v) is 5.58. The second kappa shape index (κ2) is 7.89. The first-order valence-corrected chi connectivity index (χ1v) is 9.80. The number of hydrogen-bond donors (Lipinski definition) is 2. The molecule has 28 heavy (non-hydrogen) atoms. The number of hydrogen-bond acceptors (Lipinski definition) is 6. The van der Waals surface area contributed by atoms with Gasteiger partial charge in [-0.3, -0.25) is 9.48 Å². The summed E-state index contributed by atoms with van der Waals surface area (Å²) in [6, 6.07) is 7.81. The summed E-state index contributed by atoms with van der Waals surface area (Å²) in [6.45, 7) is 6.21. The smallest absolute Gasteiger partial charge is 0.277 e. The topological polar surface area (TPSA) is 92.5 Å². The summed E-state index contributed by atoms with van der Waals surface area (Å²) in [7, 11) is 0. The van der Waals surface area contributed by atoms with Crippen LogP contribution in [-0.4, -0.2) is 58.9 Å². The molecule has 2 aliphatic rings. The lowest BCUT2D eigenvalue weighted by Gasteiger charge is -2.37. The molecule has 0 atom stereocenters. The predicted molar refractivity (Wildman–Crippen MR) is 105 cm³/mol. The second-order valence-corrected chi connectivity index (χ2v) is 8.19. The lowest BCUT2D eigenvalue weighted by Crippen LogP contribution is -2.43. The molecule has 1 aromatic carbocycles. The van der Waals surface area contributed by atoms with E-state index in [2.05, 4.69) is 27.5 Å². The summed E-state index contributed by atoms with van der Waals surface area (Å²) in [6.07, 6.45) is 3.60. The Labute approximate surface area is 164 Å². The molecule has 8 heteroatoms. The van der Waals surface area contributed by atoms with Crippen LogP contribution in [-0.2, 0) is 11.3 Å². The third kappa shape index (κ3) is 4.02. The predicted octanol–water partition coefficient (Wildman–Crippen LogP) is 1.78. The van der Waals surface area contributed by atoms with Gasteiger partial charge in [0.1, 0.15) is 0 Å². The number of aliphatic hydroxyl groups excluding tert-OH is 1. The van der Waals surface area contributed by atoms with Gasteiger partial charge >= 0.3 is 0 Å². The van der Waals surface area contributed by atoms with Crippen LogP contribution < -0.4 is 10.2 Å². The van der Waals surface area contributed by atoms with E-state index < -0.39 is 0 Å². The molecule has 2 aliphatic heterocycles. The summed E-state index contributed by atoms with van der Waals surface area (Å²) >= 11 is 0. The minimum atomic E-state index is -0.265. The van der Waals surface area contributed by atoms with E-state index in [1.165, 1.54) is 0 Å². The monoisotopic (exact) mass is 385 g/mol. The third-order valence-electron chi connectivity index (χ3n) is 5.58. The summed E-state index contributed by atoms with van der Waals surface area (Å²) in [4.78, 5) is 15.0. The largest absolute Gasteiger partial charge is 0.396 e. The van der Waals surface area contributed by atoms with Gasteiger partial charge in [0.2, 0.25) is 0 Å². The number of amides is 1. The van der Waals surface area contributed by atoms with E-state index in [4.69, 9.17) is 4.74 Å². The average molecular weight is 385 g/mol. The zero-order valence-electron chi connectivity index (χ0n) is 16.2. The van der Waals surface area contributed by atoms with Crippen molar-refractivity contribution in [2.45, 2.75) is 26.3 Å². The standard InChI is InChI=1S/C20H27N5O3/c1-20(13-28-14-20)12-25-10-17(22-23-25)19(27)21-16-4-2-3-5-18(16)24-8-6-15(11-26)7-9-24/h2-5,10,15,26H,6-9,11-14H2,1H3,(H,21,27). The van der Waals surface area contributed by atoms with Gasteiger partial charge in [0, 0.05) is 25.1 Å². The molecular formula is C20H27N5O3.